The summed E-state index contributed by atoms with van der Waals surface area (Å²) in [6, 6.07) is 11.5. The van der Waals surface area contributed by atoms with Crippen LogP contribution in [0.15, 0.2) is 36.4 Å². The molecule has 0 aliphatic carbocycles. The molecule has 0 fully saturated rings. The second-order valence-electron chi connectivity index (χ2n) is 7.45. The zero-order valence-corrected chi connectivity index (χ0v) is 19.1. The number of hydrogen-bond acceptors (Lipinski definition) is 5. The van der Waals surface area contributed by atoms with Crippen molar-refractivity contribution in [1.29, 1.82) is 0 Å². The summed E-state index contributed by atoms with van der Waals surface area (Å²) >= 11 is 1.81. The van der Waals surface area contributed by atoms with E-state index >= 15 is 0 Å². The van der Waals surface area contributed by atoms with Crippen molar-refractivity contribution in [3.63, 3.8) is 0 Å². The molecule has 2 aromatic carbocycles. The average molecular weight is 438 g/mol. The first kappa shape index (κ1) is 21.3. The molecule has 162 valence electrons. The van der Waals surface area contributed by atoms with E-state index in [2.05, 4.69) is 37.4 Å². The molecule has 2 heterocycles. The van der Waals surface area contributed by atoms with Crippen LogP contribution in [-0.2, 0) is 11.5 Å². The third-order valence-corrected chi connectivity index (χ3v) is 6.14. The monoisotopic (exact) mass is 437 g/mol. The molecule has 3 aromatic rings. The smallest absolute Gasteiger partial charge is 0.256 e. The summed E-state index contributed by atoms with van der Waals surface area (Å²) in [4.78, 5) is 13.2. The Hall–Kier alpha value is -2.93. The zero-order chi connectivity index (χ0) is 22.0. The minimum atomic E-state index is -0.199. The van der Waals surface area contributed by atoms with Crippen molar-refractivity contribution >= 4 is 23.5 Å². The molecule has 1 amide bonds. The van der Waals surface area contributed by atoms with E-state index in [1.807, 2.05) is 30.3 Å². The zero-order valence-electron chi connectivity index (χ0n) is 18.3. The fourth-order valence-corrected chi connectivity index (χ4v) is 4.77. The summed E-state index contributed by atoms with van der Waals surface area (Å²) in [6.45, 7) is 8.99. The molecule has 0 unspecified atom stereocenters. The number of fused-ring (bicyclic) bond motifs is 1. The van der Waals surface area contributed by atoms with Crippen LogP contribution in [0.4, 0.5) is 5.82 Å². The highest BCUT2D eigenvalue weighted by molar-refractivity contribution is 7.98. The molecule has 31 heavy (non-hydrogen) atoms. The van der Waals surface area contributed by atoms with E-state index in [1.54, 1.807) is 18.2 Å². The number of ether oxygens (including phenoxy) is 2. The molecule has 0 bridgehead atoms. The van der Waals surface area contributed by atoms with Crippen LogP contribution in [0, 0.1) is 13.8 Å². The molecule has 1 aliphatic rings. The van der Waals surface area contributed by atoms with Crippen LogP contribution >= 0.6 is 11.8 Å². The molecule has 7 heteroatoms. The first-order chi connectivity index (χ1) is 15.0. The number of aryl methyl sites for hydroxylation is 2. The summed E-state index contributed by atoms with van der Waals surface area (Å²) in [5, 5.41) is 7.94. The van der Waals surface area contributed by atoms with E-state index in [1.165, 1.54) is 5.56 Å². The number of carbonyl (C=O) groups is 1. The van der Waals surface area contributed by atoms with Gasteiger partial charge in [0.15, 0.2) is 11.5 Å². The van der Waals surface area contributed by atoms with Crippen LogP contribution in [0.1, 0.15) is 46.6 Å². The molecule has 0 saturated carbocycles. The first-order valence-corrected chi connectivity index (χ1v) is 11.6. The maximum Gasteiger partial charge on any atom is 0.256 e. The lowest BCUT2D eigenvalue weighted by Gasteiger charge is -2.15. The van der Waals surface area contributed by atoms with Crippen molar-refractivity contribution in [3.05, 3.63) is 64.3 Å². The number of hydrogen-bond donors (Lipinski definition) is 1. The maximum absolute atomic E-state index is 13.2. The summed E-state index contributed by atoms with van der Waals surface area (Å²) < 4.78 is 13.2. The fourth-order valence-electron chi connectivity index (χ4n) is 3.73. The topological polar surface area (TPSA) is 65.4 Å². The number of rotatable bonds is 7. The molecule has 0 spiro atoms. The van der Waals surface area contributed by atoms with E-state index in [9.17, 15) is 4.79 Å². The fraction of sp³-hybridized carbons (Fsp3) is 0.333. The molecule has 6 nitrogen and oxygen atoms in total. The van der Waals surface area contributed by atoms with Crippen molar-refractivity contribution < 1.29 is 14.3 Å². The van der Waals surface area contributed by atoms with E-state index in [0.29, 0.717) is 30.3 Å². The Kier molecular flexibility index (Phi) is 6.23. The standard InChI is InChI=1S/C24H27N3O3S/c1-5-29-21-10-8-17(12-22(21)30-6-2)24(28)25-23-18-13-31-14-19(18)26-27(23)20-9-7-15(3)11-16(20)4/h7-12H,5-6,13-14H2,1-4H3,(H,25,28). The molecule has 1 aromatic heterocycles. The van der Waals surface area contributed by atoms with Crippen LogP contribution in [0.5, 0.6) is 11.5 Å². The number of nitrogens with zero attached hydrogens (tertiary/aromatic N) is 2. The van der Waals surface area contributed by atoms with Crippen LogP contribution in [0.2, 0.25) is 0 Å². The van der Waals surface area contributed by atoms with Crippen LogP contribution < -0.4 is 14.8 Å². The summed E-state index contributed by atoms with van der Waals surface area (Å²) in [7, 11) is 0. The SMILES string of the molecule is CCOc1ccc(C(=O)Nc2c3c(nn2-c2ccc(C)cc2C)CSC3)cc1OCC. The van der Waals surface area contributed by atoms with E-state index in [4.69, 9.17) is 14.6 Å². The Morgan fingerprint density at radius 2 is 1.84 bits per heavy atom. The van der Waals surface area contributed by atoms with Gasteiger partial charge in [0.05, 0.1) is 24.6 Å². The van der Waals surface area contributed by atoms with Gasteiger partial charge in [0.2, 0.25) is 0 Å². The van der Waals surface area contributed by atoms with Gasteiger partial charge in [-0.2, -0.15) is 16.9 Å². The van der Waals surface area contributed by atoms with Crippen LogP contribution in [0.25, 0.3) is 5.69 Å². The van der Waals surface area contributed by atoms with Gasteiger partial charge in [-0.25, -0.2) is 4.68 Å². The lowest BCUT2D eigenvalue weighted by atomic mass is 10.1. The van der Waals surface area contributed by atoms with Gasteiger partial charge in [0.25, 0.3) is 5.91 Å². The van der Waals surface area contributed by atoms with E-state index in [0.717, 1.165) is 39.8 Å². The average Bonchev–Trinajstić information content (AvgIpc) is 3.32. The highest BCUT2D eigenvalue weighted by Gasteiger charge is 2.26. The van der Waals surface area contributed by atoms with Crippen molar-refractivity contribution in [2.24, 2.45) is 0 Å². The Morgan fingerprint density at radius 1 is 1.06 bits per heavy atom. The summed E-state index contributed by atoms with van der Waals surface area (Å²) in [6.07, 6.45) is 0. The summed E-state index contributed by atoms with van der Waals surface area (Å²) in [5.41, 5.74) is 5.92. The molecule has 0 saturated heterocycles. The molecular formula is C24H27N3O3S. The third kappa shape index (κ3) is 4.28. The number of amides is 1. The van der Waals surface area contributed by atoms with E-state index in [-0.39, 0.29) is 5.91 Å². The van der Waals surface area contributed by atoms with Gasteiger partial charge in [-0.3, -0.25) is 4.79 Å². The second-order valence-corrected chi connectivity index (χ2v) is 8.44. The largest absolute Gasteiger partial charge is 0.490 e. The Labute approximate surface area is 186 Å². The van der Waals surface area contributed by atoms with Gasteiger partial charge in [0.1, 0.15) is 5.82 Å². The van der Waals surface area contributed by atoms with Crippen molar-refractivity contribution in [3.8, 4) is 17.2 Å². The number of benzene rings is 2. The number of thioether (sulfide) groups is 1. The molecule has 0 atom stereocenters. The number of anilines is 1. The molecular weight excluding hydrogens is 410 g/mol. The van der Waals surface area contributed by atoms with Gasteiger partial charge >= 0.3 is 0 Å². The Balaban J connectivity index is 1.69. The highest BCUT2D eigenvalue weighted by atomic mass is 32.2. The van der Waals surface area contributed by atoms with Crippen LogP contribution in [-0.4, -0.2) is 28.9 Å². The lowest BCUT2D eigenvalue weighted by molar-refractivity contribution is 0.102. The number of aromatic nitrogens is 2. The predicted octanol–water partition coefficient (Wildman–Crippen LogP) is 5.29. The molecule has 1 aliphatic heterocycles. The summed E-state index contributed by atoms with van der Waals surface area (Å²) in [5.74, 6) is 3.44. The highest BCUT2D eigenvalue weighted by Crippen LogP contribution is 2.37. The molecule has 4 rings (SSSR count). The van der Waals surface area contributed by atoms with Gasteiger partial charge in [0, 0.05) is 22.6 Å². The Morgan fingerprint density at radius 3 is 2.58 bits per heavy atom. The van der Waals surface area contributed by atoms with Gasteiger partial charge in [-0.05, 0) is 57.5 Å². The Bertz CT molecular complexity index is 1120. The maximum atomic E-state index is 13.2. The lowest BCUT2D eigenvalue weighted by Crippen LogP contribution is -2.17. The quantitative estimate of drug-likeness (QED) is 0.544. The predicted molar refractivity (Wildman–Crippen MR) is 125 cm³/mol. The number of carbonyl (C=O) groups excluding carboxylic acids is 1. The van der Waals surface area contributed by atoms with Crippen LogP contribution in [0.3, 0.4) is 0 Å². The van der Waals surface area contributed by atoms with E-state index < -0.39 is 0 Å². The normalized spacial score (nSPS) is 12.5. The molecule has 0 radical (unpaired) electrons. The van der Waals surface area contributed by atoms with Gasteiger partial charge < -0.3 is 14.8 Å². The molecule has 1 N–H and O–H groups in total. The first-order valence-electron chi connectivity index (χ1n) is 10.5. The third-order valence-electron chi connectivity index (χ3n) is 5.17. The minimum absolute atomic E-state index is 0.199. The van der Waals surface area contributed by atoms with Crippen molar-refractivity contribution in [2.45, 2.75) is 39.2 Å². The number of nitrogens with one attached hydrogen (secondary N) is 1. The minimum Gasteiger partial charge on any atom is -0.490 e. The van der Waals surface area contributed by atoms with Crippen molar-refractivity contribution in [2.75, 3.05) is 18.5 Å². The van der Waals surface area contributed by atoms with Gasteiger partial charge in [-0.15, -0.1) is 0 Å². The van der Waals surface area contributed by atoms with Gasteiger partial charge in [-0.1, -0.05) is 17.7 Å². The van der Waals surface area contributed by atoms with Crippen molar-refractivity contribution in [1.82, 2.24) is 9.78 Å². The second kappa shape index (κ2) is 9.06.